The van der Waals surface area contributed by atoms with E-state index in [2.05, 4.69) is 21.2 Å². The van der Waals surface area contributed by atoms with Gasteiger partial charge in [0, 0.05) is 29.3 Å². The molecule has 7 heteroatoms. The number of amides is 2. The summed E-state index contributed by atoms with van der Waals surface area (Å²) >= 11 is 3.36. The summed E-state index contributed by atoms with van der Waals surface area (Å²) < 4.78 is 10.5. The molecular weight excluding hydrogens is 412 g/mol. The standard InChI is InChI=1S/C20H23BrN2O4/c1-14(2)26-19(24)22-16-5-4-6-18(13-16)27-20(25)23(12-11-21)17-9-7-15(3)8-10-17/h4-10,13-14H,11-12H2,1-3H3,(H,22,24). The third-order valence-electron chi connectivity index (χ3n) is 3.50. The molecule has 2 aromatic rings. The van der Waals surface area contributed by atoms with Crippen molar-refractivity contribution in [1.29, 1.82) is 0 Å². The molecule has 0 radical (unpaired) electrons. The number of halogens is 1. The fourth-order valence-corrected chi connectivity index (χ4v) is 2.64. The molecule has 2 rings (SSSR count). The third-order valence-corrected chi connectivity index (χ3v) is 3.86. The van der Waals surface area contributed by atoms with Crippen LogP contribution >= 0.6 is 15.9 Å². The van der Waals surface area contributed by atoms with Gasteiger partial charge in [0.15, 0.2) is 0 Å². The molecule has 6 nitrogen and oxygen atoms in total. The lowest BCUT2D eigenvalue weighted by Gasteiger charge is -2.21. The van der Waals surface area contributed by atoms with Crippen LogP contribution in [0.2, 0.25) is 0 Å². The van der Waals surface area contributed by atoms with Gasteiger partial charge in [0.25, 0.3) is 0 Å². The predicted octanol–water partition coefficient (Wildman–Crippen LogP) is 5.35. The molecule has 0 spiro atoms. The molecule has 0 aromatic heterocycles. The lowest BCUT2D eigenvalue weighted by atomic mass is 10.2. The zero-order chi connectivity index (χ0) is 19.8. The second-order valence-corrected chi connectivity index (χ2v) is 6.94. The number of carbonyl (C=O) groups excluding carboxylic acids is 2. The molecule has 0 aliphatic carbocycles. The Labute approximate surface area is 167 Å². The Morgan fingerprint density at radius 1 is 1.15 bits per heavy atom. The van der Waals surface area contributed by atoms with E-state index in [1.165, 1.54) is 0 Å². The molecule has 0 atom stereocenters. The van der Waals surface area contributed by atoms with E-state index < -0.39 is 12.2 Å². The highest BCUT2D eigenvalue weighted by molar-refractivity contribution is 9.09. The van der Waals surface area contributed by atoms with E-state index in [9.17, 15) is 9.59 Å². The van der Waals surface area contributed by atoms with E-state index in [1.807, 2.05) is 31.2 Å². The smallest absolute Gasteiger partial charge is 0.419 e. The minimum atomic E-state index is -0.561. The molecule has 0 aliphatic heterocycles. The van der Waals surface area contributed by atoms with Crippen molar-refractivity contribution in [2.45, 2.75) is 26.9 Å². The molecule has 1 N–H and O–H groups in total. The molecule has 144 valence electrons. The first-order chi connectivity index (χ1) is 12.9. The molecule has 0 unspecified atom stereocenters. The summed E-state index contributed by atoms with van der Waals surface area (Å²) in [4.78, 5) is 25.9. The van der Waals surface area contributed by atoms with Crippen LogP contribution in [0.1, 0.15) is 19.4 Å². The number of nitrogens with zero attached hydrogens (tertiary/aromatic N) is 1. The minimum absolute atomic E-state index is 0.224. The average Bonchev–Trinajstić information content (AvgIpc) is 2.60. The van der Waals surface area contributed by atoms with Crippen LogP contribution in [0, 0.1) is 6.92 Å². The van der Waals surface area contributed by atoms with E-state index in [4.69, 9.17) is 9.47 Å². The highest BCUT2D eigenvalue weighted by Crippen LogP contribution is 2.21. The Morgan fingerprint density at radius 2 is 1.85 bits per heavy atom. The Balaban J connectivity index is 2.09. The highest BCUT2D eigenvalue weighted by atomic mass is 79.9. The van der Waals surface area contributed by atoms with Crippen molar-refractivity contribution in [3.8, 4) is 5.75 Å². The molecule has 0 aliphatic rings. The van der Waals surface area contributed by atoms with Crippen LogP contribution in [0.3, 0.4) is 0 Å². The van der Waals surface area contributed by atoms with Crippen molar-refractivity contribution in [3.05, 3.63) is 54.1 Å². The monoisotopic (exact) mass is 434 g/mol. The van der Waals surface area contributed by atoms with Crippen LogP contribution in [0.25, 0.3) is 0 Å². The van der Waals surface area contributed by atoms with E-state index in [0.29, 0.717) is 23.3 Å². The van der Waals surface area contributed by atoms with Crippen molar-refractivity contribution in [2.24, 2.45) is 0 Å². The first-order valence-corrected chi connectivity index (χ1v) is 9.71. The Kier molecular flexibility index (Phi) is 7.67. The summed E-state index contributed by atoms with van der Waals surface area (Å²) in [5.74, 6) is 0.328. The maximum absolute atomic E-state index is 12.6. The number of alkyl halides is 1. The lowest BCUT2D eigenvalue weighted by molar-refractivity contribution is 0.130. The highest BCUT2D eigenvalue weighted by Gasteiger charge is 2.18. The number of aryl methyl sites for hydroxylation is 1. The second-order valence-electron chi connectivity index (χ2n) is 6.15. The molecule has 2 amide bonds. The summed E-state index contributed by atoms with van der Waals surface area (Å²) in [6, 6.07) is 14.2. The van der Waals surface area contributed by atoms with Gasteiger partial charge in [0.05, 0.1) is 6.10 Å². The lowest BCUT2D eigenvalue weighted by Crippen LogP contribution is -2.35. The molecular formula is C20H23BrN2O4. The van der Waals surface area contributed by atoms with Gasteiger partial charge in [0.1, 0.15) is 5.75 Å². The number of hydrogen-bond donors (Lipinski definition) is 1. The number of hydrogen-bond acceptors (Lipinski definition) is 4. The van der Waals surface area contributed by atoms with Crippen LogP contribution in [-0.4, -0.2) is 30.2 Å². The minimum Gasteiger partial charge on any atom is -0.447 e. The predicted molar refractivity (Wildman–Crippen MR) is 110 cm³/mol. The average molecular weight is 435 g/mol. The molecule has 27 heavy (non-hydrogen) atoms. The van der Waals surface area contributed by atoms with Gasteiger partial charge in [-0.1, -0.05) is 39.7 Å². The van der Waals surface area contributed by atoms with E-state index in [-0.39, 0.29) is 6.10 Å². The summed E-state index contributed by atoms with van der Waals surface area (Å²) in [6.07, 6.45) is -1.28. The summed E-state index contributed by atoms with van der Waals surface area (Å²) in [5.41, 5.74) is 2.34. The molecule has 0 saturated carbocycles. The van der Waals surface area contributed by atoms with E-state index >= 15 is 0 Å². The maximum Gasteiger partial charge on any atom is 0.419 e. The number of ether oxygens (including phenoxy) is 2. The molecule has 2 aromatic carbocycles. The molecule has 0 bridgehead atoms. The van der Waals surface area contributed by atoms with Gasteiger partial charge in [-0.05, 0) is 45.0 Å². The number of nitrogens with one attached hydrogen (secondary N) is 1. The molecule has 0 fully saturated rings. The quantitative estimate of drug-likeness (QED) is 0.621. The van der Waals surface area contributed by atoms with Crippen molar-refractivity contribution in [2.75, 3.05) is 22.1 Å². The number of rotatable bonds is 6. The van der Waals surface area contributed by atoms with Gasteiger partial charge in [-0.3, -0.25) is 10.2 Å². The van der Waals surface area contributed by atoms with Gasteiger partial charge in [-0.2, -0.15) is 0 Å². The van der Waals surface area contributed by atoms with Gasteiger partial charge < -0.3 is 9.47 Å². The largest absolute Gasteiger partial charge is 0.447 e. The normalized spacial score (nSPS) is 10.4. The number of benzene rings is 2. The summed E-state index contributed by atoms with van der Waals surface area (Å²) in [6.45, 7) is 5.98. The second kappa shape index (κ2) is 9.97. The first-order valence-electron chi connectivity index (χ1n) is 8.58. The van der Waals surface area contributed by atoms with Crippen molar-refractivity contribution in [3.63, 3.8) is 0 Å². The number of carbonyl (C=O) groups is 2. The zero-order valence-electron chi connectivity index (χ0n) is 15.6. The fourth-order valence-electron chi connectivity index (χ4n) is 2.29. The topological polar surface area (TPSA) is 67.9 Å². The third kappa shape index (κ3) is 6.60. The maximum atomic E-state index is 12.6. The molecule has 0 saturated heterocycles. The van der Waals surface area contributed by atoms with Crippen molar-refractivity contribution >= 4 is 39.5 Å². The Hall–Kier alpha value is -2.54. The Bertz CT molecular complexity index is 778. The van der Waals surface area contributed by atoms with Crippen molar-refractivity contribution < 1.29 is 19.1 Å². The molecule has 0 heterocycles. The van der Waals surface area contributed by atoms with Gasteiger partial charge in [-0.15, -0.1) is 0 Å². The summed E-state index contributed by atoms with van der Waals surface area (Å²) in [5, 5.41) is 3.22. The number of anilines is 2. The van der Waals surface area contributed by atoms with Crippen LogP contribution < -0.4 is 15.0 Å². The summed E-state index contributed by atoms with van der Waals surface area (Å²) in [7, 11) is 0. The van der Waals surface area contributed by atoms with Crippen molar-refractivity contribution in [1.82, 2.24) is 0 Å². The van der Waals surface area contributed by atoms with Crippen LogP contribution in [0.15, 0.2) is 48.5 Å². The fraction of sp³-hybridized carbons (Fsp3) is 0.300. The SMILES string of the molecule is Cc1ccc(N(CCBr)C(=O)Oc2cccc(NC(=O)OC(C)C)c2)cc1. The Morgan fingerprint density at radius 3 is 2.48 bits per heavy atom. The van der Waals surface area contributed by atoms with Crippen LogP contribution in [0.5, 0.6) is 5.75 Å². The van der Waals surface area contributed by atoms with Crippen LogP contribution in [0.4, 0.5) is 21.0 Å². The van der Waals surface area contributed by atoms with E-state index in [1.54, 1.807) is 43.0 Å². The van der Waals surface area contributed by atoms with Gasteiger partial charge in [0.2, 0.25) is 0 Å². The van der Waals surface area contributed by atoms with Crippen LogP contribution in [-0.2, 0) is 4.74 Å². The first kappa shape index (κ1) is 20.8. The van der Waals surface area contributed by atoms with E-state index in [0.717, 1.165) is 11.3 Å². The van der Waals surface area contributed by atoms with Gasteiger partial charge >= 0.3 is 12.2 Å². The van der Waals surface area contributed by atoms with Gasteiger partial charge in [-0.25, -0.2) is 9.59 Å². The zero-order valence-corrected chi connectivity index (χ0v) is 17.2.